The lowest BCUT2D eigenvalue weighted by Gasteiger charge is -2.18. The molecule has 6 nitrogen and oxygen atoms in total. The summed E-state index contributed by atoms with van der Waals surface area (Å²) in [5.74, 6) is 1.04. The summed E-state index contributed by atoms with van der Waals surface area (Å²) in [4.78, 5) is 24.8. The summed E-state index contributed by atoms with van der Waals surface area (Å²) in [5.41, 5.74) is 1.07. The molecule has 2 amide bonds. The van der Waals surface area contributed by atoms with E-state index in [-0.39, 0.29) is 23.7 Å². The van der Waals surface area contributed by atoms with Crippen LogP contribution < -0.4 is 0 Å². The van der Waals surface area contributed by atoms with E-state index in [1.54, 1.807) is 0 Å². The van der Waals surface area contributed by atoms with Crippen molar-refractivity contribution in [2.45, 2.75) is 73.8 Å². The average molecular weight is 351 g/mol. The monoisotopic (exact) mass is 350 g/mol. The molecule has 0 N–H and O–H groups in total. The minimum absolute atomic E-state index is 0.00222. The average Bonchev–Trinajstić information content (AvgIpc) is 3.08. The zero-order chi connectivity index (χ0) is 19.3. The fourth-order valence-corrected chi connectivity index (χ4v) is 2.59. The molecule has 0 bridgehead atoms. The zero-order valence-corrected chi connectivity index (χ0v) is 17.0. The third kappa shape index (κ3) is 5.94. The molecule has 0 aromatic carbocycles. The van der Waals surface area contributed by atoms with Gasteiger partial charge >= 0.3 is 0 Å². The summed E-state index contributed by atoms with van der Waals surface area (Å²) in [6.45, 7) is 17.0. The van der Waals surface area contributed by atoms with Gasteiger partial charge in [0.25, 0.3) is 0 Å². The summed E-state index contributed by atoms with van der Waals surface area (Å²) in [5, 5.41) is 8.05. The van der Waals surface area contributed by atoms with Gasteiger partial charge in [0.05, 0.1) is 5.69 Å². The van der Waals surface area contributed by atoms with Crippen LogP contribution in [-0.2, 0) is 9.59 Å². The maximum absolute atomic E-state index is 11.8. The summed E-state index contributed by atoms with van der Waals surface area (Å²) in [6.07, 6.45) is 2.42. The Hall–Kier alpha value is -1.72. The molecule has 1 aliphatic rings. The van der Waals surface area contributed by atoms with Gasteiger partial charge in [-0.05, 0) is 31.6 Å². The highest BCUT2D eigenvalue weighted by Gasteiger charge is 2.39. The van der Waals surface area contributed by atoms with E-state index in [0.717, 1.165) is 5.69 Å². The first-order valence-corrected chi connectivity index (χ1v) is 9.30. The molecule has 1 aromatic rings. The Balaban J connectivity index is 0.000000257. The van der Waals surface area contributed by atoms with Crippen molar-refractivity contribution in [2.24, 2.45) is 17.8 Å². The Morgan fingerprint density at radius 2 is 1.68 bits per heavy atom. The van der Waals surface area contributed by atoms with Crippen LogP contribution in [0.5, 0.6) is 0 Å². The van der Waals surface area contributed by atoms with Gasteiger partial charge in [0.15, 0.2) is 0 Å². The second kappa shape index (κ2) is 9.11. The topological polar surface area (TPSA) is 68.1 Å². The van der Waals surface area contributed by atoms with Gasteiger partial charge in [-0.3, -0.25) is 14.5 Å². The lowest BCUT2D eigenvalue weighted by Crippen LogP contribution is -2.34. The van der Waals surface area contributed by atoms with Crippen LogP contribution in [0.1, 0.15) is 79.5 Å². The number of carbonyl (C=O) groups excluding carboxylic acids is 2. The first-order chi connectivity index (χ1) is 11.5. The minimum atomic E-state index is -0.0822. The third-order valence-corrected chi connectivity index (χ3v) is 4.28. The van der Waals surface area contributed by atoms with Crippen molar-refractivity contribution in [3.63, 3.8) is 0 Å². The van der Waals surface area contributed by atoms with E-state index >= 15 is 0 Å². The molecule has 0 spiro atoms. The highest BCUT2D eigenvalue weighted by molar-refractivity contribution is 6.03. The predicted molar refractivity (Wildman–Crippen MR) is 99.0 cm³/mol. The number of imide groups is 1. The highest BCUT2D eigenvalue weighted by Crippen LogP contribution is 2.26. The Morgan fingerprint density at radius 1 is 1.08 bits per heavy atom. The number of carbonyl (C=O) groups is 2. The number of amides is 2. The number of aromatic nitrogens is 3. The van der Waals surface area contributed by atoms with Gasteiger partial charge in [0.1, 0.15) is 0 Å². The number of hydrogen-bond donors (Lipinski definition) is 0. The second-order valence-corrected chi connectivity index (χ2v) is 8.16. The molecule has 1 aliphatic heterocycles. The van der Waals surface area contributed by atoms with Crippen LogP contribution in [0.25, 0.3) is 0 Å². The molecule has 1 unspecified atom stereocenters. The molecule has 1 fully saturated rings. The lowest BCUT2D eigenvalue weighted by atomic mass is 9.94. The fourth-order valence-electron chi connectivity index (χ4n) is 2.59. The van der Waals surface area contributed by atoms with Crippen molar-refractivity contribution in [3.05, 3.63) is 11.9 Å². The third-order valence-electron chi connectivity index (χ3n) is 4.28. The van der Waals surface area contributed by atoms with E-state index in [2.05, 4.69) is 38.0 Å². The molecule has 2 heterocycles. The molecule has 25 heavy (non-hydrogen) atoms. The van der Waals surface area contributed by atoms with Gasteiger partial charge in [0.2, 0.25) is 11.8 Å². The summed E-state index contributed by atoms with van der Waals surface area (Å²) in [6, 6.07) is 0.412. The van der Waals surface area contributed by atoms with Crippen molar-refractivity contribution in [1.82, 2.24) is 19.9 Å². The molecule has 142 valence electrons. The zero-order valence-electron chi connectivity index (χ0n) is 17.0. The quantitative estimate of drug-likeness (QED) is 0.760. The van der Waals surface area contributed by atoms with Gasteiger partial charge in [0, 0.05) is 31.1 Å². The van der Waals surface area contributed by atoms with Crippen molar-refractivity contribution in [1.29, 1.82) is 0 Å². The molecule has 1 aromatic heterocycles. The van der Waals surface area contributed by atoms with Crippen molar-refractivity contribution < 1.29 is 9.59 Å². The van der Waals surface area contributed by atoms with Crippen LogP contribution in [0.3, 0.4) is 0 Å². The maximum atomic E-state index is 11.8. The Labute approximate surface area is 152 Å². The molecular weight excluding hydrogens is 316 g/mol. The summed E-state index contributed by atoms with van der Waals surface area (Å²) < 4.78 is 1.88. The summed E-state index contributed by atoms with van der Waals surface area (Å²) in [7, 11) is 0. The maximum Gasteiger partial charge on any atom is 0.233 e. The van der Waals surface area contributed by atoms with E-state index in [9.17, 15) is 9.59 Å². The molecular formula is C19H34N4O2. The van der Waals surface area contributed by atoms with Gasteiger partial charge in [-0.1, -0.05) is 46.8 Å². The molecule has 6 heteroatoms. The molecule has 2 rings (SSSR count). The molecule has 0 radical (unpaired) electrons. The SMILES string of the molecule is CC(C)CN1C(=O)CC(C(C)C)C1=O.CC(C)c1cn(C(C)C)nn1. The van der Waals surface area contributed by atoms with Crippen LogP contribution in [0.4, 0.5) is 0 Å². The van der Waals surface area contributed by atoms with Crippen LogP contribution >= 0.6 is 0 Å². The minimum Gasteiger partial charge on any atom is -0.282 e. The standard InChI is InChI=1S/C11H19NO2.C8H15N3/c1-7(2)6-12-10(13)5-9(8(3)4)11(12)14;1-6(2)8-5-11(7(3)4)10-9-8/h7-9H,5-6H2,1-4H3;5-7H,1-4H3. The largest absolute Gasteiger partial charge is 0.282 e. The lowest BCUT2D eigenvalue weighted by molar-refractivity contribution is -0.140. The second-order valence-electron chi connectivity index (χ2n) is 8.16. The van der Waals surface area contributed by atoms with Crippen molar-refractivity contribution >= 4 is 11.8 Å². The highest BCUT2D eigenvalue weighted by atomic mass is 16.2. The van der Waals surface area contributed by atoms with Crippen LogP contribution in [0.15, 0.2) is 6.20 Å². The van der Waals surface area contributed by atoms with E-state index in [1.165, 1.54) is 4.90 Å². The first kappa shape index (κ1) is 21.3. The smallest absolute Gasteiger partial charge is 0.233 e. The normalized spacial score (nSPS) is 17.9. The molecule has 1 saturated heterocycles. The first-order valence-electron chi connectivity index (χ1n) is 9.30. The number of nitrogens with zero attached hydrogens (tertiary/aromatic N) is 4. The molecule has 1 atom stereocenters. The van der Waals surface area contributed by atoms with Gasteiger partial charge in [-0.15, -0.1) is 5.10 Å². The Bertz CT molecular complexity index is 553. The van der Waals surface area contributed by atoms with E-state index in [1.807, 2.05) is 38.6 Å². The summed E-state index contributed by atoms with van der Waals surface area (Å²) >= 11 is 0. The van der Waals surface area contributed by atoms with Crippen molar-refractivity contribution in [2.75, 3.05) is 6.54 Å². The molecule has 0 saturated carbocycles. The van der Waals surface area contributed by atoms with Gasteiger partial charge in [-0.2, -0.15) is 0 Å². The Kier molecular flexibility index (Phi) is 7.77. The number of hydrogen-bond acceptors (Lipinski definition) is 4. The van der Waals surface area contributed by atoms with E-state index in [0.29, 0.717) is 30.8 Å². The fraction of sp³-hybridized carbons (Fsp3) is 0.789. The van der Waals surface area contributed by atoms with Crippen LogP contribution in [0.2, 0.25) is 0 Å². The van der Waals surface area contributed by atoms with Gasteiger partial charge < -0.3 is 0 Å². The van der Waals surface area contributed by atoms with E-state index < -0.39 is 0 Å². The van der Waals surface area contributed by atoms with Crippen molar-refractivity contribution in [3.8, 4) is 0 Å². The van der Waals surface area contributed by atoms with Crippen LogP contribution in [0, 0.1) is 17.8 Å². The van der Waals surface area contributed by atoms with E-state index in [4.69, 9.17) is 0 Å². The van der Waals surface area contributed by atoms with Crippen LogP contribution in [-0.4, -0.2) is 38.3 Å². The Morgan fingerprint density at radius 3 is 2.00 bits per heavy atom. The number of likely N-dealkylation sites (tertiary alicyclic amines) is 1. The van der Waals surface area contributed by atoms with Gasteiger partial charge in [-0.25, -0.2) is 4.68 Å². The predicted octanol–water partition coefficient (Wildman–Crippen LogP) is 3.66. The number of rotatable bonds is 5. The molecule has 0 aliphatic carbocycles.